The number of allylic oxidation sites excluding steroid dienone is 4. The van der Waals surface area contributed by atoms with Crippen LogP contribution < -0.4 is 0 Å². The molecule has 2 nitrogen and oxygen atoms in total. The Bertz CT molecular complexity index is 241. The van der Waals surface area contributed by atoms with Crippen LogP contribution in [0.4, 0.5) is 0 Å². The molecule has 0 saturated heterocycles. The van der Waals surface area contributed by atoms with Crippen LogP contribution in [0.25, 0.3) is 0 Å². The summed E-state index contributed by atoms with van der Waals surface area (Å²) in [5.41, 5.74) is 0. The third-order valence-electron chi connectivity index (χ3n) is 2.62. The highest BCUT2D eigenvalue weighted by molar-refractivity contribution is 5.65. The zero-order chi connectivity index (χ0) is 13.5. The quantitative estimate of drug-likeness (QED) is 0.300. The fourth-order valence-corrected chi connectivity index (χ4v) is 1.56. The molecule has 0 rings (SSSR count). The maximum Gasteiger partial charge on any atom is 0.302 e. The van der Waals surface area contributed by atoms with Crippen LogP contribution in [0.1, 0.15) is 65.2 Å². The Balaban J connectivity index is 3.18. The molecular weight excluding hydrogens is 224 g/mol. The van der Waals surface area contributed by atoms with Gasteiger partial charge in [0.1, 0.15) is 0 Å². The second-order valence-electron chi connectivity index (χ2n) is 4.50. The molecule has 18 heavy (non-hydrogen) atoms. The largest absolute Gasteiger partial charge is 0.466 e. The lowest BCUT2D eigenvalue weighted by molar-refractivity contribution is -0.141. The van der Waals surface area contributed by atoms with Crippen molar-refractivity contribution in [3.05, 3.63) is 24.3 Å². The number of unbranched alkanes of at least 4 members (excludes halogenated alkanes) is 5. The maximum atomic E-state index is 10.5. The number of esters is 1. The summed E-state index contributed by atoms with van der Waals surface area (Å²) < 4.78 is 4.85. The van der Waals surface area contributed by atoms with Crippen LogP contribution >= 0.6 is 0 Å². The number of rotatable bonds is 11. The van der Waals surface area contributed by atoms with Crippen LogP contribution in [0.5, 0.6) is 0 Å². The average molecular weight is 252 g/mol. The second kappa shape index (κ2) is 14.0. The van der Waals surface area contributed by atoms with Gasteiger partial charge in [-0.1, -0.05) is 44.1 Å². The first kappa shape index (κ1) is 16.9. The summed E-state index contributed by atoms with van der Waals surface area (Å²) in [4.78, 5) is 10.5. The standard InChI is InChI=1S/C16H28O2/c1-3-4-5-6-7-8-9-10-11-12-13-14-15-18-16(2)17/h6-7,11-12H,3-5,8-10,13-15H2,1-2H3/b7-6+,12-11+. The Morgan fingerprint density at radius 1 is 0.889 bits per heavy atom. The minimum Gasteiger partial charge on any atom is -0.466 e. The molecule has 0 saturated carbocycles. The summed E-state index contributed by atoms with van der Waals surface area (Å²) in [6.45, 7) is 4.21. The zero-order valence-corrected chi connectivity index (χ0v) is 12.0. The van der Waals surface area contributed by atoms with E-state index in [1.807, 2.05) is 0 Å². The van der Waals surface area contributed by atoms with Crippen molar-refractivity contribution in [3.63, 3.8) is 0 Å². The lowest BCUT2D eigenvalue weighted by Gasteiger charge is -1.98. The molecule has 0 aliphatic heterocycles. The number of hydrogen-bond acceptors (Lipinski definition) is 2. The van der Waals surface area contributed by atoms with Crippen molar-refractivity contribution in [2.45, 2.75) is 65.2 Å². The van der Waals surface area contributed by atoms with Crippen molar-refractivity contribution in [3.8, 4) is 0 Å². The van der Waals surface area contributed by atoms with E-state index in [2.05, 4.69) is 31.2 Å². The first-order valence-corrected chi connectivity index (χ1v) is 7.20. The summed E-state index contributed by atoms with van der Waals surface area (Å²) in [7, 11) is 0. The summed E-state index contributed by atoms with van der Waals surface area (Å²) in [5.74, 6) is -0.186. The molecule has 0 aliphatic rings. The maximum absolute atomic E-state index is 10.5. The van der Waals surface area contributed by atoms with Gasteiger partial charge in [-0.15, -0.1) is 0 Å². The average Bonchev–Trinajstić information content (AvgIpc) is 2.34. The van der Waals surface area contributed by atoms with Crippen LogP contribution in [0.2, 0.25) is 0 Å². The molecule has 0 amide bonds. The lowest BCUT2D eigenvalue weighted by atomic mass is 10.2. The Morgan fingerprint density at radius 3 is 1.89 bits per heavy atom. The predicted molar refractivity (Wildman–Crippen MR) is 77.5 cm³/mol. The van der Waals surface area contributed by atoms with Gasteiger partial charge in [-0.3, -0.25) is 4.79 Å². The smallest absolute Gasteiger partial charge is 0.302 e. The monoisotopic (exact) mass is 252 g/mol. The van der Waals surface area contributed by atoms with Gasteiger partial charge >= 0.3 is 5.97 Å². The normalized spacial score (nSPS) is 11.4. The molecule has 0 radical (unpaired) electrons. The fourth-order valence-electron chi connectivity index (χ4n) is 1.56. The van der Waals surface area contributed by atoms with Crippen molar-refractivity contribution >= 4 is 5.97 Å². The molecule has 0 aromatic rings. The first-order valence-electron chi connectivity index (χ1n) is 7.20. The predicted octanol–water partition coefficient (Wildman–Crippen LogP) is 4.80. The van der Waals surface area contributed by atoms with Gasteiger partial charge in [0, 0.05) is 6.92 Å². The van der Waals surface area contributed by atoms with Crippen molar-refractivity contribution < 1.29 is 9.53 Å². The number of hydrogen-bond donors (Lipinski definition) is 0. The molecule has 0 heterocycles. The SMILES string of the molecule is CCCC/C=C/CCC/C=C/CCCOC(C)=O. The molecule has 0 spiro atoms. The van der Waals surface area contributed by atoms with Crippen molar-refractivity contribution in [1.82, 2.24) is 0 Å². The Kier molecular flexibility index (Phi) is 13.2. The van der Waals surface area contributed by atoms with Gasteiger partial charge in [-0.05, 0) is 38.5 Å². The van der Waals surface area contributed by atoms with Gasteiger partial charge in [-0.25, -0.2) is 0 Å². The Morgan fingerprint density at radius 2 is 1.39 bits per heavy atom. The van der Waals surface area contributed by atoms with E-state index in [1.165, 1.54) is 39.0 Å². The fraction of sp³-hybridized carbons (Fsp3) is 0.688. The van der Waals surface area contributed by atoms with Gasteiger partial charge in [0.15, 0.2) is 0 Å². The van der Waals surface area contributed by atoms with E-state index in [1.54, 1.807) is 0 Å². The molecule has 0 aromatic heterocycles. The van der Waals surface area contributed by atoms with Crippen molar-refractivity contribution in [2.75, 3.05) is 6.61 Å². The molecule has 2 heteroatoms. The summed E-state index contributed by atoms with van der Waals surface area (Å²) in [6, 6.07) is 0. The molecule has 0 atom stereocenters. The summed E-state index contributed by atoms with van der Waals surface area (Å²) in [6.07, 6.45) is 18.3. The summed E-state index contributed by atoms with van der Waals surface area (Å²) >= 11 is 0. The van der Waals surface area contributed by atoms with Crippen LogP contribution in [0.15, 0.2) is 24.3 Å². The van der Waals surface area contributed by atoms with E-state index in [4.69, 9.17) is 4.74 Å². The molecule has 0 fully saturated rings. The van der Waals surface area contributed by atoms with Gasteiger partial charge in [0.05, 0.1) is 6.61 Å². The zero-order valence-electron chi connectivity index (χ0n) is 12.0. The highest BCUT2D eigenvalue weighted by atomic mass is 16.5. The number of ether oxygens (including phenoxy) is 1. The van der Waals surface area contributed by atoms with Crippen LogP contribution in [0.3, 0.4) is 0 Å². The van der Waals surface area contributed by atoms with E-state index in [0.717, 1.165) is 19.3 Å². The minimum absolute atomic E-state index is 0.186. The molecule has 104 valence electrons. The topological polar surface area (TPSA) is 26.3 Å². The molecule has 0 unspecified atom stereocenters. The third kappa shape index (κ3) is 14.9. The van der Waals surface area contributed by atoms with Crippen molar-refractivity contribution in [2.24, 2.45) is 0 Å². The van der Waals surface area contributed by atoms with E-state index in [-0.39, 0.29) is 5.97 Å². The molecular formula is C16H28O2. The first-order chi connectivity index (χ1) is 8.77. The van der Waals surface area contributed by atoms with Gasteiger partial charge in [-0.2, -0.15) is 0 Å². The highest BCUT2D eigenvalue weighted by Gasteiger charge is 1.90. The second-order valence-corrected chi connectivity index (χ2v) is 4.50. The van der Waals surface area contributed by atoms with Gasteiger partial charge in [0.2, 0.25) is 0 Å². The molecule has 0 aliphatic carbocycles. The van der Waals surface area contributed by atoms with Crippen LogP contribution in [-0.4, -0.2) is 12.6 Å². The molecule has 0 aromatic carbocycles. The van der Waals surface area contributed by atoms with E-state index in [9.17, 15) is 4.79 Å². The molecule has 0 bridgehead atoms. The summed E-state index contributed by atoms with van der Waals surface area (Å²) in [5, 5.41) is 0. The number of carbonyl (C=O) groups excluding carboxylic acids is 1. The van der Waals surface area contributed by atoms with E-state index >= 15 is 0 Å². The van der Waals surface area contributed by atoms with Gasteiger partial charge in [0.25, 0.3) is 0 Å². The Labute approximate surface area is 112 Å². The van der Waals surface area contributed by atoms with Crippen LogP contribution in [0, 0.1) is 0 Å². The van der Waals surface area contributed by atoms with Crippen molar-refractivity contribution in [1.29, 1.82) is 0 Å². The third-order valence-corrected chi connectivity index (χ3v) is 2.62. The van der Waals surface area contributed by atoms with E-state index in [0.29, 0.717) is 6.61 Å². The molecule has 0 N–H and O–H groups in total. The highest BCUT2D eigenvalue weighted by Crippen LogP contribution is 2.02. The lowest BCUT2D eigenvalue weighted by Crippen LogP contribution is -1.99. The minimum atomic E-state index is -0.186. The van der Waals surface area contributed by atoms with Crippen LogP contribution in [-0.2, 0) is 9.53 Å². The van der Waals surface area contributed by atoms with E-state index < -0.39 is 0 Å². The number of carbonyl (C=O) groups is 1. The Hall–Kier alpha value is -1.05. The van der Waals surface area contributed by atoms with Gasteiger partial charge < -0.3 is 4.74 Å².